The Morgan fingerprint density at radius 3 is 2.59 bits per heavy atom. The Balaban J connectivity index is 1.63. The van der Waals surface area contributed by atoms with Gasteiger partial charge in [-0.1, -0.05) is 25.1 Å². The van der Waals surface area contributed by atoms with Crippen LogP contribution in [0, 0.1) is 5.92 Å². The van der Waals surface area contributed by atoms with Gasteiger partial charge in [0.15, 0.2) is 11.9 Å². The molecular formula is C26H35FN5O8P. The van der Waals surface area contributed by atoms with Gasteiger partial charge in [0, 0.05) is 6.20 Å². The molecule has 1 unspecified atom stereocenters. The van der Waals surface area contributed by atoms with Crippen molar-refractivity contribution in [3.05, 3.63) is 52.9 Å². The molecule has 15 heteroatoms. The first kappa shape index (κ1) is 30.7. The third-order valence-electron chi connectivity index (χ3n) is 6.72. The minimum atomic E-state index is -4.12. The molecule has 0 amide bonds. The Labute approximate surface area is 235 Å². The number of anilines is 1. The van der Waals surface area contributed by atoms with Gasteiger partial charge in [0.05, 0.1) is 29.7 Å². The molecule has 0 radical (unpaired) electrons. The SMILES string of the molecule is CC(C)OC(=O)[C@H](C)C[P@](=O)(Oc1ccccc1)O[C@H](C)[C@H]1O[C@@H](n2ccc3c(=O)[nH]c(N)nc32)C(N)(CF)[C@H]1O. The molecular weight excluding hydrogens is 560 g/mol. The average molecular weight is 596 g/mol. The number of hydrogen-bond acceptors (Lipinski definition) is 11. The second-order valence-electron chi connectivity index (χ2n) is 10.5. The number of halogens is 1. The number of ether oxygens (including phenoxy) is 2. The van der Waals surface area contributed by atoms with Crippen molar-refractivity contribution in [1.29, 1.82) is 0 Å². The number of rotatable bonds is 11. The molecule has 3 heterocycles. The molecule has 41 heavy (non-hydrogen) atoms. The highest BCUT2D eigenvalue weighted by Gasteiger charge is 2.57. The van der Waals surface area contributed by atoms with E-state index in [4.69, 9.17) is 30.0 Å². The van der Waals surface area contributed by atoms with E-state index < -0.39 is 61.8 Å². The largest absolute Gasteiger partial charge is 0.463 e. The molecule has 7 atom stereocenters. The van der Waals surface area contributed by atoms with Crippen LogP contribution in [0.2, 0.25) is 0 Å². The van der Waals surface area contributed by atoms with E-state index in [1.807, 2.05) is 0 Å². The standard InChI is InChI=1S/C26H35FN5O8P/c1-14(2)37-23(35)15(3)12-41(36,40-17-8-6-5-7-9-17)39-16(4)19-20(33)26(29,13-27)24(38-19)32-11-10-18-21(32)30-25(28)31-22(18)34/h5-11,14-16,19-20,24,33H,12-13,29H2,1-4H3,(H3,28,30,31,34)/t15-,16-,19-,20+,24-,26?,41-/m1/s1. The molecule has 1 fully saturated rings. The Bertz CT molecular complexity index is 1480. The van der Waals surface area contributed by atoms with Crippen LogP contribution in [0.5, 0.6) is 5.75 Å². The van der Waals surface area contributed by atoms with Gasteiger partial charge >= 0.3 is 13.6 Å². The monoisotopic (exact) mass is 595 g/mol. The lowest BCUT2D eigenvalue weighted by Crippen LogP contribution is -2.57. The molecule has 1 saturated heterocycles. The van der Waals surface area contributed by atoms with Crippen LogP contribution in [0.4, 0.5) is 10.3 Å². The maximum atomic E-state index is 14.5. The summed E-state index contributed by atoms with van der Waals surface area (Å²) in [6.45, 7) is 5.15. The zero-order valence-corrected chi connectivity index (χ0v) is 24.0. The van der Waals surface area contributed by atoms with Crippen molar-refractivity contribution in [3.63, 3.8) is 0 Å². The number of hydrogen-bond donors (Lipinski definition) is 4. The molecule has 6 N–H and O–H groups in total. The number of H-pyrrole nitrogens is 1. The van der Waals surface area contributed by atoms with Crippen LogP contribution >= 0.6 is 7.60 Å². The van der Waals surface area contributed by atoms with E-state index in [1.165, 1.54) is 30.7 Å². The van der Waals surface area contributed by atoms with Gasteiger partial charge in [-0.15, -0.1) is 0 Å². The molecule has 0 spiro atoms. The van der Waals surface area contributed by atoms with Crippen molar-refractivity contribution >= 4 is 30.5 Å². The van der Waals surface area contributed by atoms with E-state index in [-0.39, 0.29) is 35.0 Å². The normalized spacial score (nSPS) is 25.6. The van der Waals surface area contributed by atoms with E-state index in [0.29, 0.717) is 0 Å². The molecule has 0 saturated carbocycles. The molecule has 1 aliphatic heterocycles. The number of fused-ring (bicyclic) bond motifs is 1. The molecule has 1 aliphatic rings. The van der Waals surface area contributed by atoms with E-state index in [2.05, 4.69) is 9.97 Å². The molecule has 1 aromatic carbocycles. The number of benzene rings is 1. The van der Waals surface area contributed by atoms with Gasteiger partial charge in [-0.05, 0) is 39.0 Å². The number of aliphatic hydroxyl groups is 1. The Hall–Kier alpha value is -3.29. The molecule has 0 bridgehead atoms. The topological polar surface area (TPSA) is 194 Å². The number of nitrogen functional groups attached to an aromatic ring is 1. The summed E-state index contributed by atoms with van der Waals surface area (Å²) in [5.74, 6) is -1.42. The lowest BCUT2D eigenvalue weighted by Gasteiger charge is -2.31. The quantitative estimate of drug-likeness (QED) is 0.188. The van der Waals surface area contributed by atoms with Crippen molar-refractivity contribution in [3.8, 4) is 5.75 Å². The summed E-state index contributed by atoms with van der Waals surface area (Å²) in [7, 11) is -4.12. The van der Waals surface area contributed by atoms with E-state index in [0.717, 1.165) is 0 Å². The van der Waals surface area contributed by atoms with E-state index in [1.54, 1.807) is 44.2 Å². The van der Waals surface area contributed by atoms with Crippen LogP contribution in [-0.4, -0.2) is 68.4 Å². The highest BCUT2D eigenvalue weighted by Crippen LogP contribution is 2.53. The fourth-order valence-corrected chi connectivity index (χ4v) is 6.80. The minimum absolute atomic E-state index is 0.0662. The van der Waals surface area contributed by atoms with Crippen LogP contribution in [0.25, 0.3) is 11.0 Å². The highest BCUT2D eigenvalue weighted by molar-refractivity contribution is 7.54. The third kappa shape index (κ3) is 6.31. The number of nitrogens with zero attached hydrogens (tertiary/aromatic N) is 2. The molecule has 3 aromatic rings. The maximum Gasteiger partial charge on any atom is 0.380 e. The Morgan fingerprint density at radius 2 is 1.95 bits per heavy atom. The summed E-state index contributed by atoms with van der Waals surface area (Å²) in [5, 5.41) is 11.3. The number of para-hydroxylation sites is 1. The van der Waals surface area contributed by atoms with Gasteiger partial charge in [0.25, 0.3) is 5.56 Å². The van der Waals surface area contributed by atoms with Gasteiger partial charge in [-0.3, -0.25) is 19.1 Å². The van der Waals surface area contributed by atoms with Crippen molar-refractivity contribution in [1.82, 2.24) is 14.5 Å². The molecule has 2 aromatic heterocycles. The van der Waals surface area contributed by atoms with Crippen molar-refractivity contribution in [2.45, 2.75) is 63.9 Å². The van der Waals surface area contributed by atoms with Gasteiger partial charge in [0.1, 0.15) is 30.2 Å². The van der Waals surface area contributed by atoms with Crippen LogP contribution in [-0.2, 0) is 23.4 Å². The Kier molecular flexibility index (Phi) is 8.90. The molecule has 4 rings (SSSR count). The maximum absolute atomic E-state index is 14.5. The van der Waals surface area contributed by atoms with Crippen molar-refractivity contribution in [2.24, 2.45) is 11.7 Å². The lowest BCUT2D eigenvalue weighted by molar-refractivity contribution is -0.151. The summed E-state index contributed by atoms with van der Waals surface area (Å²) in [6, 6.07) is 9.66. The van der Waals surface area contributed by atoms with Crippen molar-refractivity contribution < 1.29 is 37.4 Å². The predicted molar refractivity (Wildman–Crippen MR) is 148 cm³/mol. The first-order valence-corrected chi connectivity index (χ1v) is 14.8. The van der Waals surface area contributed by atoms with E-state index in [9.17, 15) is 23.7 Å². The van der Waals surface area contributed by atoms with Crippen LogP contribution in [0.15, 0.2) is 47.4 Å². The van der Waals surface area contributed by atoms with Crippen LogP contribution < -0.4 is 21.6 Å². The predicted octanol–water partition coefficient (Wildman–Crippen LogP) is 2.50. The summed E-state index contributed by atoms with van der Waals surface area (Å²) in [4.78, 5) is 31.3. The summed E-state index contributed by atoms with van der Waals surface area (Å²) in [6.07, 6.45) is -4.80. The third-order valence-corrected chi connectivity index (χ3v) is 8.86. The number of carbonyl (C=O) groups is 1. The van der Waals surface area contributed by atoms with Crippen LogP contribution in [0.1, 0.15) is 33.9 Å². The van der Waals surface area contributed by atoms with Crippen molar-refractivity contribution in [2.75, 3.05) is 18.6 Å². The second-order valence-corrected chi connectivity index (χ2v) is 12.4. The van der Waals surface area contributed by atoms with Gasteiger partial charge in [-0.2, -0.15) is 4.98 Å². The number of aromatic amines is 1. The van der Waals surface area contributed by atoms with Gasteiger partial charge in [0.2, 0.25) is 5.95 Å². The zero-order chi connectivity index (χ0) is 30.1. The Morgan fingerprint density at radius 1 is 1.27 bits per heavy atom. The number of nitrogens with one attached hydrogen (secondary N) is 1. The summed E-state index contributed by atoms with van der Waals surface area (Å²) in [5.41, 5.74) is 9.59. The number of nitrogens with two attached hydrogens (primary N) is 2. The van der Waals surface area contributed by atoms with Gasteiger partial charge < -0.3 is 35.1 Å². The molecule has 13 nitrogen and oxygen atoms in total. The molecule has 0 aliphatic carbocycles. The second kappa shape index (κ2) is 11.9. The first-order valence-electron chi connectivity index (χ1n) is 13.0. The number of aliphatic hydroxyl groups excluding tert-OH is 1. The highest BCUT2D eigenvalue weighted by atomic mass is 31.2. The fourth-order valence-electron chi connectivity index (χ4n) is 4.70. The molecule has 224 valence electrons. The summed E-state index contributed by atoms with van der Waals surface area (Å²) < 4.78 is 52.9. The summed E-state index contributed by atoms with van der Waals surface area (Å²) >= 11 is 0. The zero-order valence-electron chi connectivity index (χ0n) is 23.1. The smallest absolute Gasteiger partial charge is 0.380 e. The van der Waals surface area contributed by atoms with Crippen LogP contribution in [0.3, 0.4) is 0 Å². The fraction of sp³-hybridized carbons (Fsp3) is 0.500. The number of aromatic nitrogens is 3. The number of esters is 1. The lowest BCUT2D eigenvalue weighted by atomic mass is 9.91. The van der Waals surface area contributed by atoms with Gasteiger partial charge in [-0.25, -0.2) is 8.96 Å². The number of alkyl halides is 1. The minimum Gasteiger partial charge on any atom is -0.463 e. The first-order chi connectivity index (χ1) is 19.3. The number of carbonyl (C=O) groups excluding carboxylic acids is 1. The average Bonchev–Trinajstić information content (AvgIpc) is 3.42. The van der Waals surface area contributed by atoms with E-state index >= 15 is 0 Å².